The molecule has 0 atom stereocenters. The molecule has 0 bridgehead atoms. The lowest BCUT2D eigenvalue weighted by molar-refractivity contribution is 0.597. The van der Waals surface area contributed by atoms with Gasteiger partial charge >= 0.3 is 0 Å². The van der Waals surface area contributed by atoms with Crippen LogP contribution in [0.4, 0.5) is 11.6 Å². The van der Waals surface area contributed by atoms with Gasteiger partial charge in [-0.1, -0.05) is 6.07 Å². The summed E-state index contributed by atoms with van der Waals surface area (Å²) in [4.78, 5) is 8.56. The first-order chi connectivity index (χ1) is 9.49. The van der Waals surface area contributed by atoms with E-state index in [0.717, 1.165) is 5.56 Å². The predicted octanol–water partition coefficient (Wildman–Crippen LogP) is 1.48. The summed E-state index contributed by atoms with van der Waals surface area (Å²) in [7, 11) is -3.85. The average molecular weight is 309 g/mol. The van der Waals surface area contributed by atoms with Gasteiger partial charge in [0.2, 0.25) is 5.03 Å². The van der Waals surface area contributed by atoms with Crippen LogP contribution in [0.25, 0.3) is 4.96 Å². The molecule has 0 fully saturated rings. The highest BCUT2D eigenvalue weighted by Crippen LogP contribution is 2.25. The molecule has 3 heterocycles. The fourth-order valence-corrected chi connectivity index (χ4v) is 3.89. The molecule has 0 aliphatic rings. The second kappa shape index (κ2) is 4.46. The fourth-order valence-electron chi connectivity index (χ4n) is 1.82. The number of sulfonamides is 1. The van der Waals surface area contributed by atoms with E-state index in [2.05, 4.69) is 14.7 Å². The molecular weight excluding hydrogens is 298 g/mol. The Labute approximate surface area is 119 Å². The number of anilines is 2. The number of aromatic nitrogens is 3. The van der Waals surface area contributed by atoms with Crippen LogP contribution in [0.2, 0.25) is 0 Å². The van der Waals surface area contributed by atoms with Crippen LogP contribution < -0.4 is 10.5 Å². The van der Waals surface area contributed by atoms with Gasteiger partial charge in [0, 0.05) is 17.8 Å². The Bertz CT molecular complexity index is 881. The molecule has 7 nitrogen and oxygen atoms in total. The summed E-state index contributed by atoms with van der Waals surface area (Å²) >= 11 is 1.31. The number of fused-ring (bicyclic) bond motifs is 1. The summed E-state index contributed by atoms with van der Waals surface area (Å²) in [5.74, 6) is 0.245. The fraction of sp³-hybridized carbons (Fsp3) is 0.0909. The Balaban J connectivity index is 2.11. The lowest BCUT2D eigenvalue weighted by atomic mass is 10.3. The molecule has 0 saturated heterocycles. The zero-order valence-corrected chi connectivity index (χ0v) is 12.1. The van der Waals surface area contributed by atoms with Crippen molar-refractivity contribution in [1.29, 1.82) is 0 Å². The van der Waals surface area contributed by atoms with E-state index in [-0.39, 0.29) is 16.7 Å². The SMILES string of the molecule is Cc1cccnc1NS(=O)(=O)c1c(N)nc2sccn12. The van der Waals surface area contributed by atoms with Crippen LogP contribution in [-0.2, 0) is 10.0 Å². The van der Waals surface area contributed by atoms with Gasteiger partial charge in [0.25, 0.3) is 10.0 Å². The average Bonchev–Trinajstić information content (AvgIpc) is 2.91. The molecule has 3 rings (SSSR count). The topological polar surface area (TPSA) is 102 Å². The van der Waals surface area contributed by atoms with Gasteiger partial charge in [0.05, 0.1) is 0 Å². The molecule has 104 valence electrons. The largest absolute Gasteiger partial charge is 0.381 e. The van der Waals surface area contributed by atoms with Crippen LogP contribution in [0.3, 0.4) is 0 Å². The van der Waals surface area contributed by atoms with Crippen molar-refractivity contribution in [2.45, 2.75) is 11.9 Å². The quantitative estimate of drug-likeness (QED) is 0.763. The van der Waals surface area contributed by atoms with E-state index in [1.54, 1.807) is 30.6 Å². The van der Waals surface area contributed by atoms with Crippen LogP contribution in [0, 0.1) is 6.92 Å². The number of imidazole rings is 1. The first-order valence-corrected chi connectivity index (χ1v) is 8.01. The summed E-state index contributed by atoms with van der Waals surface area (Å²) in [6.45, 7) is 1.77. The number of nitrogens with two attached hydrogens (primary N) is 1. The zero-order valence-electron chi connectivity index (χ0n) is 10.4. The van der Waals surface area contributed by atoms with Crippen molar-refractivity contribution in [3.05, 3.63) is 35.5 Å². The minimum absolute atomic E-state index is 0.0297. The van der Waals surface area contributed by atoms with Crippen LogP contribution in [0.15, 0.2) is 34.9 Å². The maximum absolute atomic E-state index is 12.5. The predicted molar refractivity (Wildman–Crippen MR) is 77.3 cm³/mol. The lowest BCUT2D eigenvalue weighted by Gasteiger charge is -2.08. The van der Waals surface area contributed by atoms with Crippen molar-refractivity contribution in [1.82, 2.24) is 14.4 Å². The Kier molecular flexibility index (Phi) is 2.87. The number of aryl methyl sites for hydroxylation is 1. The van der Waals surface area contributed by atoms with E-state index >= 15 is 0 Å². The molecule has 3 N–H and O–H groups in total. The maximum atomic E-state index is 12.5. The molecule has 0 spiro atoms. The molecule has 0 saturated carbocycles. The van der Waals surface area contributed by atoms with Crippen LogP contribution in [0.5, 0.6) is 0 Å². The molecule has 0 unspecified atom stereocenters. The first kappa shape index (κ1) is 12.9. The normalized spacial score (nSPS) is 11.8. The number of pyridine rings is 1. The smallest absolute Gasteiger partial charge is 0.282 e. The molecule has 20 heavy (non-hydrogen) atoms. The van der Waals surface area contributed by atoms with Crippen molar-refractivity contribution in [3.63, 3.8) is 0 Å². The molecule has 0 amide bonds. The molecule has 0 aliphatic heterocycles. The number of nitrogens with one attached hydrogen (secondary N) is 1. The van der Waals surface area contributed by atoms with Crippen LogP contribution >= 0.6 is 11.3 Å². The summed E-state index contributed by atoms with van der Waals surface area (Å²) in [5, 5.41) is 1.67. The molecular formula is C11H11N5O2S2. The number of nitrogens with zero attached hydrogens (tertiary/aromatic N) is 3. The van der Waals surface area contributed by atoms with Gasteiger partial charge in [0.1, 0.15) is 5.82 Å². The van der Waals surface area contributed by atoms with Gasteiger partial charge in [-0.05, 0) is 18.6 Å². The third-order valence-corrected chi connectivity index (χ3v) is 4.87. The zero-order chi connectivity index (χ0) is 14.3. The van der Waals surface area contributed by atoms with E-state index in [1.807, 2.05) is 0 Å². The summed E-state index contributed by atoms with van der Waals surface area (Å²) in [6, 6.07) is 3.50. The van der Waals surface area contributed by atoms with Gasteiger partial charge in [-0.25, -0.2) is 9.97 Å². The third-order valence-electron chi connectivity index (χ3n) is 2.74. The molecule has 3 aromatic heterocycles. The molecule has 3 aromatic rings. The van der Waals surface area contributed by atoms with Gasteiger partial charge in [-0.15, -0.1) is 11.3 Å². The monoisotopic (exact) mass is 309 g/mol. The summed E-state index contributed by atoms with van der Waals surface area (Å²) in [5.41, 5.74) is 6.43. The van der Waals surface area contributed by atoms with Gasteiger partial charge in [0.15, 0.2) is 10.8 Å². The Morgan fingerprint density at radius 1 is 1.45 bits per heavy atom. The number of thiazole rings is 1. The van der Waals surface area contributed by atoms with Crippen molar-refractivity contribution in [2.75, 3.05) is 10.5 Å². The third kappa shape index (κ3) is 2.00. The minimum Gasteiger partial charge on any atom is -0.381 e. The van der Waals surface area contributed by atoms with Gasteiger partial charge in [-0.2, -0.15) is 8.42 Å². The highest BCUT2D eigenvalue weighted by atomic mass is 32.2. The van der Waals surface area contributed by atoms with Gasteiger partial charge < -0.3 is 5.73 Å². The molecule has 0 aromatic carbocycles. The summed E-state index contributed by atoms with van der Waals surface area (Å²) < 4.78 is 28.8. The highest BCUT2D eigenvalue weighted by molar-refractivity contribution is 7.92. The van der Waals surface area contributed by atoms with Crippen molar-refractivity contribution < 1.29 is 8.42 Å². The van der Waals surface area contributed by atoms with Crippen molar-refractivity contribution >= 4 is 38.0 Å². The second-order valence-corrected chi connectivity index (χ2v) is 6.60. The highest BCUT2D eigenvalue weighted by Gasteiger charge is 2.25. The Morgan fingerprint density at radius 3 is 3.00 bits per heavy atom. The van der Waals surface area contributed by atoms with Crippen molar-refractivity contribution in [2.24, 2.45) is 0 Å². The van der Waals surface area contributed by atoms with Crippen molar-refractivity contribution in [3.8, 4) is 0 Å². The number of hydrogen-bond acceptors (Lipinski definition) is 6. The number of hydrogen-bond donors (Lipinski definition) is 2. The van der Waals surface area contributed by atoms with E-state index in [9.17, 15) is 8.42 Å². The first-order valence-electron chi connectivity index (χ1n) is 5.64. The van der Waals surface area contributed by atoms with E-state index in [0.29, 0.717) is 4.96 Å². The van der Waals surface area contributed by atoms with E-state index in [1.165, 1.54) is 21.9 Å². The maximum Gasteiger partial charge on any atom is 0.282 e. The standard InChI is InChI=1S/C11H11N5O2S2/c1-7-3-2-4-13-9(7)15-20(17,18)10-8(12)14-11-16(10)5-6-19-11/h2-6H,12H2,1H3,(H,13,15). The second-order valence-electron chi connectivity index (χ2n) is 4.13. The summed E-state index contributed by atoms with van der Waals surface area (Å²) in [6.07, 6.45) is 3.13. The van der Waals surface area contributed by atoms with E-state index < -0.39 is 10.0 Å². The molecule has 0 radical (unpaired) electrons. The Hall–Kier alpha value is -2.13. The number of nitrogen functional groups attached to an aromatic ring is 1. The van der Waals surface area contributed by atoms with Gasteiger partial charge in [-0.3, -0.25) is 9.12 Å². The Morgan fingerprint density at radius 2 is 2.25 bits per heavy atom. The lowest BCUT2D eigenvalue weighted by Crippen LogP contribution is -2.17. The molecule has 9 heteroatoms. The van der Waals surface area contributed by atoms with E-state index in [4.69, 9.17) is 5.73 Å². The van der Waals surface area contributed by atoms with Crippen LogP contribution in [0.1, 0.15) is 5.56 Å². The number of rotatable bonds is 3. The van der Waals surface area contributed by atoms with Crippen LogP contribution in [-0.4, -0.2) is 22.8 Å². The molecule has 0 aliphatic carbocycles. The minimum atomic E-state index is -3.85.